The van der Waals surface area contributed by atoms with E-state index in [1.54, 1.807) is 0 Å². The third-order valence-electron chi connectivity index (χ3n) is 2.42. The fourth-order valence-electron chi connectivity index (χ4n) is 1.48. The molecule has 1 aromatic heterocycles. The molecule has 0 atom stereocenters. The van der Waals surface area contributed by atoms with Crippen LogP contribution >= 0.6 is 11.5 Å². The lowest BCUT2D eigenvalue weighted by molar-refractivity contribution is 0.0955. The van der Waals surface area contributed by atoms with E-state index in [9.17, 15) is 4.79 Å². The number of hydrogen-bond donors (Lipinski definition) is 2. The van der Waals surface area contributed by atoms with Gasteiger partial charge in [-0.2, -0.15) is 0 Å². The number of rotatable bonds is 6. The molecule has 1 rings (SSSR count). The minimum Gasteiger partial charge on any atom is -0.350 e. The Balaban J connectivity index is 2.50. The van der Waals surface area contributed by atoms with Crippen molar-refractivity contribution in [3.8, 4) is 0 Å². The summed E-state index contributed by atoms with van der Waals surface area (Å²) in [6.07, 6.45) is 1.10. The summed E-state index contributed by atoms with van der Waals surface area (Å²) < 4.78 is 3.88. The van der Waals surface area contributed by atoms with Crippen molar-refractivity contribution in [2.45, 2.75) is 39.5 Å². The fraction of sp³-hybridized carbons (Fsp3) is 0.750. The normalized spacial score (nSPS) is 11.6. The molecule has 0 spiro atoms. The molecule has 5 nitrogen and oxygen atoms in total. The highest BCUT2D eigenvalue weighted by Gasteiger charge is 2.25. The molecule has 0 radical (unpaired) electrons. The highest BCUT2D eigenvalue weighted by molar-refractivity contribution is 7.08. The molecule has 0 aliphatic heterocycles. The monoisotopic (exact) mass is 270 g/mol. The Bertz CT molecular complexity index is 384. The zero-order valence-corrected chi connectivity index (χ0v) is 12.4. The number of carbonyl (C=O) groups is 1. The molecule has 1 amide bonds. The molecule has 0 bridgehead atoms. The van der Waals surface area contributed by atoms with E-state index in [0.29, 0.717) is 11.4 Å². The average Bonchev–Trinajstić information content (AvgIpc) is 2.77. The van der Waals surface area contributed by atoms with E-state index in [1.165, 1.54) is 0 Å². The van der Waals surface area contributed by atoms with Gasteiger partial charge in [-0.15, -0.1) is 5.10 Å². The Morgan fingerprint density at radius 1 is 1.28 bits per heavy atom. The largest absolute Gasteiger partial charge is 0.350 e. The molecule has 0 saturated carbocycles. The van der Waals surface area contributed by atoms with Gasteiger partial charge in [0.1, 0.15) is 4.88 Å². The lowest BCUT2D eigenvalue weighted by Crippen LogP contribution is -2.33. The van der Waals surface area contributed by atoms with Gasteiger partial charge in [0.2, 0.25) is 0 Å². The molecule has 1 aromatic rings. The van der Waals surface area contributed by atoms with Crippen molar-refractivity contribution < 1.29 is 4.79 Å². The number of nitrogens with zero attached hydrogens (tertiary/aromatic N) is 2. The number of hydrogen-bond acceptors (Lipinski definition) is 5. The number of carbonyl (C=O) groups excluding carboxylic acids is 1. The van der Waals surface area contributed by atoms with Crippen LogP contribution in [0.5, 0.6) is 0 Å². The van der Waals surface area contributed by atoms with Crippen LogP contribution in [-0.4, -0.2) is 35.1 Å². The van der Waals surface area contributed by atoms with Crippen molar-refractivity contribution in [1.82, 2.24) is 20.2 Å². The maximum absolute atomic E-state index is 12.0. The first kappa shape index (κ1) is 15.0. The topological polar surface area (TPSA) is 66.9 Å². The van der Waals surface area contributed by atoms with Crippen LogP contribution in [0, 0.1) is 0 Å². The van der Waals surface area contributed by atoms with Crippen molar-refractivity contribution >= 4 is 17.4 Å². The summed E-state index contributed by atoms with van der Waals surface area (Å²) in [5, 5.41) is 10.2. The predicted molar refractivity (Wildman–Crippen MR) is 74.1 cm³/mol. The summed E-state index contributed by atoms with van der Waals surface area (Å²) in [6.45, 7) is 10.6. The second kappa shape index (κ2) is 6.80. The summed E-state index contributed by atoms with van der Waals surface area (Å²) in [4.78, 5) is 12.6. The van der Waals surface area contributed by atoms with E-state index < -0.39 is 0 Å². The lowest BCUT2D eigenvalue weighted by atomic mass is 9.91. The van der Waals surface area contributed by atoms with Gasteiger partial charge in [0.25, 0.3) is 5.91 Å². The molecule has 1 heterocycles. The van der Waals surface area contributed by atoms with Crippen molar-refractivity contribution in [1.29, 1.82) is 0 Å². The van der Waals surface area contributed by atoms with Gasteiger partial charge in [-0.3, -0.25) is 4.79 Å². The van der Waals surface area contributed by atoms with E-state index in [4.69, 9.17) is 0 Å². The standard InChI is InChI=1S/C12H22N4OS/c1-5-6-13-7-8-14-11(17)9-10(12(2,3)4)15-16-18-9/h13H,5-8H2,1-4H3,(H,14,17). The third-order valence-corrected chi connectivity index (χ3v) is 3.14. The van der Waals surface area contributed by atoms with Gasteiger partial charge in [0, 0.05) is 18.5 Å². The van der Waals surface area contributed by atoms with Crippen molar-refractivity contribution in [3.05, 3.63) is 10.6 Å². The summed E-state index contributed by atoms with van der Waals surface area (Å²) in [5.74, 6) is -0.0757. The molecule has 0 aliphatic rings. The van der Waals surface area contributed by atoms with Gasteiger partial charge in [-0.25, -0.2) is 0 Å². The van der Waals surface area contributed by atoms with Gasteiger partial charge < -0.3 is 10.6 Å². The second-order valence-electron chi connectivity index (χ2n) is 5.21. The van der Waals surface area contributed by atoms with Crippen molar-refractivity contribution in [2.24, 2.45) is 0 Å². The van der Waals surface area contributed by atoms with Gasteiger partial charge >= 0.3 is 0 Å². The Morgan fingerprint density at radius 2 is 2.00 bits per heavy atom. The Hall–Kier alpha value is -1.01. The average molecular weight is 270 g/mol. The molecule has 0 aromatic carbocycles. The third kappa shape index (κ3) is 4.34. The van der Waals surface area contributed by atoms with Gasteiger partial charge in [0.05, 0.1) is 5.69 Å². The first-order valence-corrected chi connectivity index (χ1v) is 7.06. The van der Waals surface area contributed by atoms with E-state index in [0.717, 1.165) is 36.7 Å². The second-order valence-corrected chi connectivity index (χ2v) is 5.96. The number of aromatic nitrogens is 2. The van der Waals surface area contributed by atoms with Crippen LogP contribution in [0.25, 0.3) is 0 Å². The van der Waals surface area contributed by atoms with Crippen LogP contribution in [0.2, 0.25) is 0 Å². The predicted octanol–water partition coefficient (Wildman–Crippen LogP) is 1.56. The summed E-state index contributed by atoms with van der Waals surface area (Å²) in [7, 11) is 0. The number of nitrogens with one attached hydrogen (secondary N) is 2. The van der Waals surface area contributed by atoms with Crippen LogP contribution in [0.15, 0.2) is 0 Å². The van der Waals surface area contributed by atoms with E-state index in [2.05, 4.69) is 27.1 Å². The highest BCUT2D eigenvalue weighted by Crippen LogP contribution is 2.25. The number of amides is 1. The lowest BCUT2D eigenvalue weighted by Gasteiger charge is -2.16. The molecule has 0 saturated heterocycles. The van der Waals surface area contributed by atoms with Crippen LogP contribution in [0.4, 0.5) is 0 Å². The molecule has 18 heavy (non-hydrogen) atoms. The molecule has 6 heteroatoms. The minimum absolute atomic E-state index is 0.0757. The molecule has 102 valence electrons. The molecule has 0 aliphatic carbocycles. The smallest absolute Gasteiger partial charge is 0.265 e. The van der Waals surface area contributed by atoms with Crippen molar-refractivity contribution in [2.75, 3.05) is 19.6 Å². The summed E-state index contributed by atoms with van der Waals surface area (Å²) in [6, 6.07) is 0. The quantitative estimate of drug-likeness (QED) is 0.770. The van der Waals surface area contributed by atoms with E-state index in [-0.39, 0.29) is 11.3 Å². The Labute approximate surface area is 113 Å². The molecule has 0 unspecified atom stereocenters. The van der Waals surface area contributed by atoms with Crippen LogP contribution in [-0.2, 0) is 5.41 Å². The SMILES string of the molecule is CCCNCCNC(=O)c1snnc1C(C)(C)C. The summed E-state index contributed by atoms with van der Waals surface area (Å²) in [5.41, 5.74) is 0.617. The molecular formula is C12H22N4OS. The summed E-state index contributed by atoms with van der Waals surface area (Å²) >= 11 is 1.16. The van der Waals surface area contributed by atoms with Gasteiger partial charge in [-0.05, 0) is 24.5 Å². The van der Waals surface area contributed by atoms with Crippen LogP contribution in [0.1, 0.15) is 49.5 Å². The van der Waals surface area contributed by atoms with Crippen LogP contribution in [0.3, 0.4) is 0 Å². The van der Waals surface area contributed by atoms with Crippen molar-refractivity contribution in [3.63, 3.8) is 0 Å². The molecule has 0 fully saturated rings. The van der Waals surface area contributed by atoms with E-state index >= 15 is 0 Å². The Kier molecular flexibility index (Phi) is 5.68. The Morgan fingerprint density at radius 3 is 2.61 bits per heavy atom. The molecule has 2 N–H and O–H groups in total. The van der Waals surface area contributed by atoms with Crippen LogP contribution < -0.4 is 10.6 Å². The molecular weight excluding hydrogens is 248 g/mol. The minimum atomic E-state index is -0.153. The maximum Gasteiger partial charge on any atom is 0.265 e. The van der Waals surface area contributed by atoms with Gasteiger partial charge in [0.15, 0.2) is 0 Å². The van der Waals surface area contributed by atoms with Gasteiger partial charge in [-0.1, -0.05) is 32.2 Å². The first-order valence-electron chi connectivity index (χ1n) is 6.28. The highest BCUT2D eigenvalue weighted by atomic mass is 32.1. The fourth-order valence-corrected chi connectivity index (χ4v) is 2.27. The maximum atomic E-state index is 12.0. The zero-order chi connectivity index (χ0) is 13.6. The first-order chi connectivity index (χ1) is 8.46. The zero-order valence-electron chi connectivity index (χ0n) is 11.5. The van der Waals surface area contributed by atoms with E-state index in [1.807, 2.05) is 20.8 Å².